The normalized spacial score (nSPS) is 11.5. The van der Waals surface area contributed by atoms with Crippen LogP contribution >= 0.6 is 0 Å². The van der Waals surface area contributed by atoms with Crippen LogP contribution in [-0.2, 0) is 0 Å². The van der Waals surface area contributed by atoms with Gasteiger partial charge in [-0.05, 0) is 37.6 Å². The van der Waals surface area contributed by atoms with Crippen LogP contribution in [0, 0.1) is 6.92 Å². The lowest BCUT2D eigenvalue weighted by Gasteiger charge is -2.03. The van der Waals surface area contributed by atoms with Crippen LogP contribution in [0.3, 0.4) is 0 Å². The molecular weight excluding hydrogens is 162 g/mol. The van der Waals surface area contributed by atoms with Gasteiger partial charge in [-0.2, -0.15) is 0 Å². The maximum Gasteiger partial charge on any atom is 0.0988 e. The minimum absolute atomic E-state index is 0.776. The topological polar surface area (TPSA) is 50.4 Å². The van der Waals surface area contributed by atoms with Gasteiger partial charge in [0.1, 0.15) is 0 Å². The van der Waals surface area contributed by atoms with E-state index in [0.717, 1.165) is 22.8 Å². The van der Waals surface area contributed by atoms with Crippen molar-refractivity contribution in [3.8, 4) is 0 Å². The van der Waals surface area contributed by atoms with E-state index in [1.54, 1.807) is 0 Å². The maximum atomic E-state index is 5.63. The van der Waals surface area contributed by atoms with Crippen LogP contribution in [0.2, 0.25) is 0 Å². The quantitative estimate of drug-likeness (QED) is 0.390. The van der Waals surface area contributed by atoms with Gasteiger partial charge >= 0.3 is 0 Å². The van der Waals surface area contributed by atoms with Gasteiger partial charge in [-0.25, -0.2) is 4.99 Å². The van der Waals surface area contributed by atoms with Crippen LogP contribution < -0.4 is 11.1 Å². The van der Waals surface area contributed by atoms with Crippen molar-refractivity contribution in [1.82, 2.24) is 5.32 Å². The van der Waals surface area contributed by atoms with E-state index in [1.807, 2.05) is 39.1 Å². The SMILES string of the molecule is CN/C(C)=N/c1ccc(N)cc1C. The molecule has 0 aliphatic carbocycles. The molecule has 0 aromatic heterocycles. The Labute approximate surface area is 78.7 Å². The van der Waals surface area contributed by atoms with Gasteiger partial charge in [0, 0.05) is 12.7 Å². The van der Waals surface area contributed by atoms with E-state index < -0.39 is 0 Å². The minimum atomic E-state index is 0.776. The van der Waals surface area contributed by atoms with E-state index in [9.17, 15) is 0 Å². The molecule has 0 fully saturated rings. The number of nitrogens with zero attached hydrogens (tertiary/aromatic N) is 1. The average Bonchev–Trinajstić information content (AvgIpc) is 2.09. The van der Waals surface area contributed by atoms with Crippen LogP contribution in [0.1, 0.15) is 12.5 Å². The van der Waals surface area contributed by atoms with Crippen LogP contribution in [-0.4, -0.2) is 12.9 Å². The molecule has 3 nitrogen and oxygen atoms in total. The number of amidine groups is 1. The molecule has 0 atom stereocenters. The van der Waals surface area contributed by atoms with Crippen molar-refractivity contribution in [2.45, 2.75) is 13.8 Å². The van der Waals surface area contributed by atoms with Crippen molar-refractivity contribution in [1.29, 1.82) is 0 Å². The Morgan fingerprint density at radius 2 is 2.15 bits per heavy atom. The van der Waals surface area contributed by atoms with E-state index in [4.69, 9.17) is 5.73 Å². The van der Waals surface area contributed by atoms with E-state index >= 15 is 0 Å². The van der Waals surface area contributed by atoms with Gasteiger partial charge < -0.3 is 11.1 Å². The van der Waals surface area contributed by atoms with Crippen molar-refractivity contribution in [2.75, 3.05) is 12.8 Å². The van der Waals surface area contributed by atoms with E-state index in [1.165, 1.54) is 0 Å². The molecule has 0 saturated carbocycles. The van der Waals surface area contributed by atoms with Crippen LogP contribution in [0.4, 0.5) is 11.4 Å². The molecule has 0 amide bonds. The molecule has 0 unspecified atom stereocenters. The lowest BCUT2D eigenvalue weighted by Crippen LogP contribution is -2.12. The highest BCUT2D eigenvalue weighted by atomic mass is 15.0. The summed E-state index contributed by atoms with van der Waals surface area (Å²) in [5.74, 6) is 0.896. The summed E-state index contributed by atoms with van der Waals surface area (Å²) >= 11 is 0. The second-order valence-electron chi connectivity index (χ2n) is 2.99. The third-order valence-electron chi connectivity index (χ3n) is 1.87. The summed E-state index contributed by atoms with van der Waals surface area (Å²) in [5, 5.41) is 2.97. The summed E-state index contributed by atoms with van der Waals surface area (Å²) in [4.78, 5) is 4.37. The molecule has 0 aliphatic rings. The van der Waals surface area contributed by atoms with Gasteiger partial charge in [-0.3, -0.25) is 0 Å². The first-order valence-electron chi connectivity index (χ1n) is 4.22. The Morgan fingerprint density at radius 1 is 1.46 bits per heavy atom. The first-order chi connectivity index (χ1) is 6.13. The van der Waals surface area contributed by atoms with Crippen molar-refractivity contribution < 1.29 is 0 Å². The highest BCUT2D eigenvalue weighted by Crippen LogP contribution is 2.20. The fourth-order valence-corrected chi connectivity index (χ4v) is 1.04. The number of benzene rings is 1. The molecule has 0 radical (unpaired) electrons. The Balaban J connectivity index is 3.03. The van der Waals surface area contributed by atoms with Crippen molar-refractivity contribution in [3.63, 3.8) is 0 Å². The fourth-order valence-electron chi connectivity index (χ4n) is 1.04. The van der Waals surface area contributed by atoms with Gasteiger partial charge in [0.05, 0.1) is 11.5 Å². The van der Waals surface area contributed by atoms with Crippen molar-refractivity contribution >= 4 is 17.2 Å². The molecule has 0 aliphatic heterocycles. The Morgan fingerprint density at radius 3 is 2.69 bits per heavy atom. The average molecular weight is 177 g/mol. The maximum absolute atomic E-state index is 5.63. The summed E-state index contributed by atoms with van der Waals surface area (Å²) in [6.07, 6.45) is 0. The van der Waals surface area contributed by atoms with Gasteiger partial charge in [0.15, 0.2) is 0 Å². The highest BCUT2D eigenvalue weighted by Gasteiger charge is 1.96. The summed E-state index contributed by atoms with van der Waals surface area (Å²) in [5.41, 5.74) is 8.45. The lowest BCUT2D eigenvalue weighted by molar-refractivity contribution is 1.15. The van der Waals surface area contributed by atoms with E-state index in [0.29, 0.717) is 0 Å². The van der Waals surface area contributed by atoms with Crippen LogP contribution in [0.5, 0.6) is 0 Å². The number of aryl methyl sites for hydroxylation is 1. The third kappa shape index (κ3) is 2.47. The first kappa shape index (κ1) is 9.58. The zero-order valence-electron chi connectivity index (χ0n) is 8.26. The molecule has 3 N–H and O–H groups in total. The molecular formula is C10H15N3. The summed E-state index contributed by atoms with van der Waals surface area (Å²) in [6.45, 7) is 3.92. The second kappa shape index (κ2) is 3.94. The fraction of sp³-hybridized carbons (Fsp3) is 0.300. The Kier molecular flexibility index (Phi) is 2.90. The Hall–Kier alpha value is -1.51. The number of hydrogen-bond donors (Lipinski definition) is 2. The van der Waals surface area contributed by atoms with Gasteiger partial charge in [0.2, 0.25) is 0 Å². The van der Waals surface area contributed by atoms with Gasteiger partial charge in [-0.15, -0.1) is 0 Å². The summed E-state index contributed by atoms with van der Waals surface area (Å²) in [6, 6.07) is 5.70. The highest BCUT2D eigenvalue weighted by molar-refractivity contribution is 5.82. The molecule has 1 rings (SSSR count). The molecule has 1 aromatic carbocycles. The molecule has 3 heteroatoms. The molecule has 1 aromatic rings. The van der Waals surface area contributed by atoms with Crippen LogP contribution in [0.25, 0.3) is 0 Å². The zero-order valence-corrected chi connectivity index (χ0v) is 8.26. The predicted octanol–water partition coefficient (Wildman–Crippen LogP) is 1.85. The van der Waals surface area contributed by atoms with Gasteiger partial charge in [-0.1, -0.05) is 0 Å². The van der Waals surface area contributed by atoms with E-state index in [-0.39, 0.29) is 0 Å². The molecule has 0 heterocycles. The first-order valence-corrected chi connectivity index (χ1v) is 4.22. The molecule has 0 saturated heterocycles. The summed E-state index contributed by atoms with van der Waals surface area (Å²) in [7, 11) is 1.85. The van der Waals surface area contributed by atoms with Crippen molar-refractivity contribution in [2.24, 2.45) is 4.99 Å². The Bertz CT molecular complexity index is 329. The minimum Gasteiger partial charge on any atom is -0.399 e. The molecule has 0 spiro atoms. The number of rotatable bonds is 1. The number of anilines is 1. The smallest absolute Gasteiger partial charge is 0.0988 e. The van der Waals surface area contributed by atoms with Gasteiger partial charge in [0.25, 0.3) is 0 Å². The lowest BCUT2D eigenvalue weighted by atomic mass is 10.2. The monoisotopic (exact) mass is 177 g/mol. The standard InChI is InChI=1S/C10H15N3/c1-7-6-9(11)4-5-10(7)13-8(2)12-3/h4-6H,11H2,1-3H3,(H,12,13). The van der Waals surface area contributed by atoms with E-state index in [2.05, 4.69) is 10.3 Å². The largest absolute Gasteiger partial charge is 0.399 e. The third-order valence-corrected chi connectivity index (χ3v) is 1.87. The number of aliphatic imine (C=N–C) groups is 1. The van der Waals surface area contributed by atoms with Crippen molar-refractivity contribution in [3.05, 3.63) is 23.8 Å². The van der Waals surface area contributed by atoms with Crippen LogP contribution in [0.15, 0.2) is 23.2 Å². The molecule has 70 valence electrons. The summed E-state index contributed by atoms with van der Waals surface area (Å²) < 4.78 is 0. The zero-order chi connectivity index (χ0) is 9.84. The molecule has 0 bridgehead atoms. The number of hydrogen-bond acceptors (Lipinski definition) is 2. The second-order valence-corrected chi connectivity index (χ2v) is 2.99. The number of nitrogens with two attached hydrogens (primary N) is 1. The molecule has 13 heavy (non-hydrogen) atoms. The number of nitrogen functional groups attached to an aromatic ring is 1. The predicted molar refractivity (Wildman–Crippen MR) is 57.4 cm³/mol. The number of nitrogens with one attached hydrogen (secondary N) is 1.